The van der Waals surface area contributed by atoms with Crippen LogP contribution in [-0.2, 0) is 6.42 Å². The molecule has 1 aliphatic rings. The summed E-state index contributed by atoms with van der Waals surface area (Å²) in [5, 5.41) is 12.0. The van der Waals surface area contributed by atoms with Gasteiger partial charge < -0.3 is 10.2 Å². The summed E-state index contributed by atoms with van der Waals surface area (Å²) in [7, 11) is 0. The molecule has 0 radical (unpaired) electrons. The molecule has 0 bridgehead atoms. The molecule has 158 valence electrons. The maximum absolute atomic E-state index is 4.89. The van der Waals surface area contributed by atoms with Gasteiger partial charge in [0.2, 0.25) is 0 Å². The highest BCUT2D eigenvalue weighted by Gasteiger charge is 2.24. The van der Waals surface area contributed by atoms with Gasteiger partial charge in [0.1, 0.15) is 5.82 Å². The molecule has 7 heteroatoms. The van der Waals surface area contributed by atoms with Crippen LogP contribution in [0, 0.1) is 5.92 Å². The zero-order valence-electron chi connectivity index (χ0n) is 17.6. The summed E-state index contributed by atoms with van der Waals surface area (Å²) in [5.74, 6) is 3.93. The van der Waals surface area contributed by atoms with E-state index in [2.05, 4.69) is 62.1 Å². The lowest BCUT2D eigenvalue weighted by atomic mass is 10.2. The molecule has 1 aromatic carbocycles. The van der Waals surface area contributed by atoms with Gasteiger partial charge >= 0.3 is 0 Å². The zero-order chi connectivity index (χ0) is 20.6. The van der Waals surface area contributed by atoms with Crippen LogP contribution in [0.1, 0.15) is 25.6 Å². The Balaban J connectivity index is 1.27. The van der Waals surface area contributed by atoms with E-state index in [1.54, 1.807) is 0 Å². The number of aliphatic imine (C=N–C) groups is 1. The van der Waals surface area contributed by atoms with Crippen molar-refractivity contribution in [3.8, 4) is 0 Å². The third-order valence-corrected chi connectivity index (χ3v) is 6.60. The van der Waals surface area contributed by atoms with E-state index in [9.17, 15) is 0 Å². The minimum absolute atomic E-state index is 0.710. The number of hydrogen-bond acceptors (Lipinski definition) is 4. The van der Waals surface area contributed by atoms with E-state index in [1.807, 2.05) is 36.2 Å². The van der Waals surface area contributed by atoms with Crippen LogP contribution in [0.15, 0.2) is 64.6 Å². The van der Waals surface area contributed by atoms with Crippen LogP contribution < -0.4 is 5.32 Å². The van der Waals surface area contributed by atoms with Crippen molar-refractivity contribution in [2.45, 2.75) is 31.1 Å². The first-order chi connectivity index (χ1) is 14.8. The standard InChI is InChI=1S/C23H30N6S/c1-2-24-23(25-14-8-12-22-27-26-21-11-6-7-15-29(21)22)28-16-13-19(17-28)18-30-20-9-4-3-5-10-20/h3-7,9-11,15,19H,2,8,12-14,16-18H2,1H3,(H,24,25). The van der Waals surface area contributed by atoms with Crippen molar-refractivity contribution in [3.05, 3.63) is 60.6 Å². The first kappa shape index (κ1) is 20.7. The van der Waals surface area contributed by atoms with E-state index < -0.39 is 0 Å². The fourth-order valence-corrected chi connectivity index (χ4v) is 4.85. The number of pyridine rings is 1. The van der Waals surface area contributed by atoms with Crippen LogP contribution in [0.4, 0.5) is 0 Å². The topological polar surface area (TPSA) is 57.8 Å². The van der Waals surface area contributed by atoms with Gasteiger partial charge in [0.05, 0.1) is 0 Å². The number of nitrogens with one attached hydrogen (secondary N) is 1. The Hall–Kier alpha value is -2.54. The fourth-order valence-electron chi connectivity index (χ4n) is 3.80. The van der Waals surface area contributed by atoms with E-state index in [-0.39, 0.29) is 0 Å². The van der Waals surface area contributed by atoms with E-state index in [4.69, 9.17) is 4.99 Å². The third kappa shape index (κ3) is 5.33. The molecule has 3 heterocycles. The molecule has 1 N–H and O–H groups in total. The number of fused-ring (bicyclic) bond motifs is 1. The number of guanidine groups is 1. The Kier molecular flexibility index (Phi) is 7.24. The van der Waals surface area contributed by atoms with Crippen molar-refractivity contribution in [1.29, 1.82) is 0 Å². The summed E-state index contributed by atoms with van der Waals surface area (Å²) in [6.45, 7) is 6.00. The van der Waals surface area contributed by atoms with Crippen molar-refractivity contribution in [1.82, 2.24) is 24.8 Å². The third-order valence-electron chi connectivity index (χ3n) is 5.35. The molecule has 6 nitrogen and oxygen atoms in total. The monoisotopic (exact) mass is 422 g/mol. The van der Waals surface area contributed by atoms with E-state index in [0.717, 1.165) is 56.5 Å². The molecule has 1 fully saturated rings. The smallest absolute Gasteiger partial charge is 0.193 e. The second-order valence-electron chi connectivity index (χ2n) is 7.61. The molecule has 0 amide bonds. The van der Waals surface area contributed by atoms with Crippen LogP contribution in [-0.4, -0.2) is 57.4 Å². The molecule has 2 aromatic heterocycles. The van der Waals surface area contributed by atoms with E-state index in [0.29, 0.717) is 5.92 Å². The highest BCUT2D eigenvalue weighted by atomic mass is 32.2. The number of thioether (sulfide) groups is 1. The van der Waals surface area contributed by atoms with Gasteiger partial charge in [-0.1, -0.05) is 24.3 Å². The number of aromatic nitrogens is 3. The summed E-state index contributed by atoms with van der Waals surface area (Å²) in [5.41, 5.74) is 0.904. The van der Waals surface area contributed by atoms with Crippen LogP contribution >= 0.6 is 11.8 Å². The van der Waals surface area contributed by atoms with Gasteiger partial charge in [-0.25, -0.2) is 0 Å². The summed E-state index contributed by atoms with van der Waals surface area (Å²) in [4.78, 5) is 8.68. The van der Waals surface area contributed by atoms with Crippen molar-refractivity contribution in [2.24, 2.45) is 10.9 Å². The number of aryl methyl sites for hydroxylation is 1. The molecule has 4 rings (SSSR count). The van der Waals surface area contributed by atoms with Gasteiger partial charge in [-0.3, -0.25) is 9.39 Å². The van der Waals surface area contributed by atoms with Crippen molar-refractivity contribution in [3.63, 3.8) is 0 Å². The molecule has 0 saturated carbocycles. The number of benzene rings is 1. The Morgan fingerprint density at radius 1 is 1.17 bits per heavy atom. The Labute approximate surface area is 182 Å². The molecule has 30 heavy (non-hydrogen) atoms. The lowest BCUT2D eigenvalue weighted by Gasteiger charge is -2.21. The minimum atomic E-state index is 0.710. The van der Waals surface area contributed by atoms with Crippen LogP contribution in [0.2, 0.25) is 0 Å². The minimum Gasteiger partial charge on any atom is -0.357 e. The Bertz CT molecular complexity index is 954. The lowest BCUT2D eigenvalue weighted by Crippen LogP contribution is -2.40. The van der Waals surface area contributed by atoms with Crippen molar-refractivity contribution in [2.75, 3.05) is 31.9 Å². The predicted octanol–water partition coefficient (Wildman–Crippen LogP) is 3.74. The van der Waals surface area contributed by atoms with E-state index in [1.165, 1.54) is 17.1 Å². The molecule has 1 unspecified atom stereocenters. The predicted molar refractivity (Wildman–Crippen MR) is 124 cm³/mol. The quantitative estimate of drug-likeness (QED) is 0.259. The van der Waals surface area contributed by atoms with Gasteiger partial charge in [0.25, 0.3) is 0 Å². The first-order valence-electron chi connectivity index (χ1n) is 10.8. The maximum Gasteiger partial charge on any atom is 0.193 e. The highest BCUT2D eigenvalue weighted by molar-refractivity contribution is 7.99. The van der Waals surface area contributed by atoms with Gasteiger partial charge in [-0.05, 0) is 49.9 Å². The lowest BCUT2D eigenvalue weighted by molar-refractivity contribution is 0.474. The second kappa shape index (κ2) is 10.5. The van der Waals surface area contributed by atoms with Crippen LogP contribution in [0.5, 0.6) is 0 Å². The van der Waals surface area contributed by atoms with Crippen molar-refractivity contribution >= 4 is 23.4 Å². The summed E-state index contributed by atoms with van der Waals surface area (Å²) >= 11 is 1.96. The zero-order valence-corrected chi connectivity index (χ0v) is 18.4. The SMILES string of the molecule is CCNC(=NCCCc1nnc2ccccn12)N1CCC(CSc2ccccc2)C1. The fraction of sp³-hybridized carbons (Fsp3) is 0.435. The van der Waals surface area contributed by atoms with Crippen molar-refractivity contribution < 1.29 is 0 Å². The van der Waals surface area contributed by atoms with Crippen LogP contribution in [0.3, 0.4) is 0 Å². The van der Waals surface area contributed by atoms with Gasteiger partial charge in [-0.2, -0.15) is 0 Å². The summed E-state index contributed by atoms with van der Waals surface area (Å²) in [6, 6.07) is 16.7. The van der Waals surface area contributed by atoms with Gasteiger partial charge in [0.15, 0.2) is 11.6 Å². The first-order valence-corrected chi connectivity index (χ1v) is 11.8. The average molecular weight is 423 g/mol. The van der Waals surface area contributed by atoms with Gasteiger partial charge in [0, 0.05) is 49.4 Å². The van der Waals surface area contributed by atoms with Crippen LogP contribution in [0.25, 0.3) is 5.65 Å². The Morgan fingerprint density at radius 2 is 2.03 bits per heavy atom. The largest absolute Gasteiger partial charge is 0.357 e. The molecular weight excluding hydrogens is 392 g/mol. The molecule has 3 aromatic rings. The number of nitrogens with zero attached hydrogens (tertiary/aromatic N) is 5. The number of likely N-dealkylation sites (tertiary alicyclic amines) is 1. The summed E-state index contributed by atoms with van der Waals surface area (Å²) in [6.07, 6.45) is 5.10. The molecule has 1 atom stereocenters. The molecular formula is C23H30N6S. The molecule has 0 spiro atoms. The average Bonchev–Trinajstić information content (AvgIpc) is 3.43. The maximum atomic E-state index is 4.89. The highest BCUT2D eigenvalue weighted by Crippen LogP contribution is 2.25. The normalized spacial score (nSPS) is 17.0. The van der Waals surface area contributed by atoms with E-state index >= 15 is 0 Å². The molecule has 1 aliphatic heterocycles. The number of rotatable bonds is 8. The Morgan fingerprint density at radius 3 is 2.90 bits per heavy atom. The number of hydrogen-bond donors (Lipinski definition) is 1. The molecule has 0 aliphatic carbocycles. The molecule has 1 saturated heterocycles. The second-order valence-corrected chi connectivity index (χ2v) is 8.70. The van der Waals surface area contributed by atoms with Gasteiger partial charge in [-0.15, -0.1) is 22.0 Å². The summed E-state index contributed by atoms with van der Waals surface area (Å²) < 4.78 is 2.06.